The normalized spacial score (nSPS) is 11.3. The minimum atomic E-state index is 0.659. The van der Waals surface area contributed by atoms with E-state index in [2.05, 4.69) is 60.4 Å². The van der Waals surface area contributed by atoms with Crippen molar-refractivity contribution in [2.75, 3.05) is 0 Å². The number of rotatable bonds is 2. The zero-order valence-corrected chi connectivity index (χ0v) is 14.4. The van der Waals surface area contributed by atoms with Gasteiger partial charge in [0, 0.05) is 5.56 Å². The van der Waals surface area contributed by atoms with Gasteiger partial charge in [0.15, 0.2) is 5.58 Å². The second-order valence-electron chi connectivity index (χ2n) is 6.63. The standard InChI is InChI=1S/C24H17NO/c1-16-7-8-19-14-20(10-9-18(19)13-16)21-11-12-23-22(15-21)25-24(26-23)17-5-3-2-4-6-17/h2-15H,1H3. The maximum atomic E-state index is 5.92. The van der Waals surface area contributed by atoms with E-state index >= 15 is 0 Å². The number of hydrogen-bond donors (Lipinski definition) is 0. The Bertz CT molecular complexity index is 1240. The van der Waals surface area contributed by atoms with E-state index in [4.69, 9.17) is 4.42 Å². The molecule has 0 unspecified atom stereocenters. The molecule has 2 nitrogen and oxygen atoms in total. The number of benzene rings is 4. The van der Waals surface area contributed by atoms with Crippen LogP contribution in [0.2, 0.25) is 0 Å². The Kier molecular flexibility index (Phi) is 3.36. The van der Waals surface area contributed by atoms with Crippen LogP contribution in [0.1, 0.15) is 5.56 Å². The highest BCUT2D eigenvalue weighted by Gasteiger charge is 2.09. The third-order valence-corrected chi connectivity index (χ3v) is 4.74. The van der Waals surface area contributed by atoms with E-state index in [0.717, 1.165) is 22.2 Å². The molecule has 1 aromatic heterocycles. The maximum absolute atomic E-state index is 5.92. The van der Waals surface area contributed by atoms with Gasteiger partial charge in [-0.3, -0.25) is 0 Å². The fourth-order valence-electron chi connectivity index (χ4n) is 3.36. The molecular formula is C24H17NO. The average molecular weight is 335 g/mol. The third-order valence-electron chi connectivity index (χ3n) is 4.74. The number of aromatic nitrogens is 1. The van der Waals surface area contributed by atoms with Crippen LogP contribution >= 0.6 is 0 Å². The average Bonchev–Trinajstić information content (AvgIpc) is 3.11. The van der Waals surface area contributed by atoms with E-state index in [0.29, 0.717) is 5.89 Å². The van der Waals surface area contributed by atoms with Gasteiger partial charge in [0.05, 0.1) is 0 Å². The van der Waals surface area contributed by atoms with Crippen LogP contribution in [-0.2, 0) is 0 Å². The molecule has 0 aliphatic rings. The highest BCUT2D eigenvalue weighted by molar-refractivity contribution is 5.89. The molecule has 0 saturated carbocycles. The first-order chi connectivity index (χ1) is 12.8. The summed E-state index contributed by atoms with van der Waals surface area (Å²) in [5.74, 6) is 0.659. The van der Waals surface area contributed by atoms with Crippen molar-refractivity contribution in [3.05, 3.63) is 90.5 Å². The molecule has 0 bridgehead atoms. The molecule has 0 atom stereocenters. The van der Waals surface area contributed by atoms with E-state index in [-0.39, 0.29) is 0 Å². The highest BCUT2D eigenvalue weighted by atomic mass is 16.3. The molecule has 0 aliphatic carbocycles. The van der Waals surface area contributed by atoms with Crippen LogP contribution in [0.4, 0.5) is 0 Å². The van der Waals surface area contributed by atoms with Gasteiger partial charge in [0.25, 0.3) is 0 Å². The summed E-state index contributed by atoms with van der Waals surface area (Å²) in [6, 6.07) is 29.3. The first kappa shape index (κ1) is 14.9. The van der Waals surface area contributed by atoms with Crippen LogP contribution in [-0.4, -0.2) is 4.98 Å². The molecule has 4 aromatic carbocycles. The molecule has 26 heavy (non-hydrogen) atoms. The summed E-state index contributed by atoms with van der Waals surface area (Å²) in [6.07, 6.45) is 0. The number of oxazole rings is 1. The quantitative estimate of drug-likeness (QED) is 0.362. The summed E-state index contributed by atoms with van der Waals surface area (Å²) in [5, 5.41) is 2.51. The van der Waals surface area contributed by atoms with E-state index < -0.39 is 0 Å². The van der Waals surface area contributed by atoms with Gasteiger partial charge in [-0.1, -0.05) is 60.2 Å². The molecule has 0 aliphatic heterocycles. The van der Waals surface area contributed by atoms with Crippen LogP contribution in [0.5, 0.6) is 0 Å². The molecule has 0 N–H and O–H groups in total. The van der Waals surface area contributed by atoms with Crippen molar-refractivity contribution in [3.8, 4) is 22.6 Å². The Morgan fingerprint density at radius 2 is 1.38 bits per heavy atom. The zero-order valence-electron chi connectivity index (χ0n) is 14.4. The van der Waals surface area contributed by atoms with Crippen molar-refractivity contribution < 1.29 is 4.42 Å². The Labute approximate surface area is 151 Å². The lowest BCUT2D eigenvalue weighted by Gasteiger charge is -2.05. The lowest BCUT2D eigenvalue weighted by atomic mass is 10.00. The molecule has 0 spiro atoms. The fourth-order valence-corrected chi connectivity index (χ4v) is 3.36. The van der Waals surface area contributed by atoms with Crippen LogP contribution < -0.4 is 0 Å². The van der Waals surface area contributed by atoms with Gasteiger partial charge in [-0.25, -0.2) is 4.98 Å². The number of hydrogen-bond acceptors (Lipinski definition) is 2. The van der Waals surface area contributed by atoms with Gasteiger partial charge < -0.3 is 4.42 Å². The molecule has 2 heteroatoms. The Hall–Kier alpha value is -3.39. The second kappa shape index (κ2) is 5.85. The Balaban J connectivity index is 1.60. The highest BCUT2D eigenvalue weighted by Crippen LogP contribution is 2.30. The first-order valence-corrected chi connectivity index (χ1v) is 8.73. The van der Waals surface area contributed by atoms with E-state index in [1.54, 1.807) is 0 Å². The third kappa shape index (κ3) is 2.56. The summed E-state index contributed by atoms with van der Waals surface area (Å²) < 4.78 is 5.92. The molecular weight excluding hydrogens is 318 g/mol. The molecule has 1 heterocycles. The minimum Gasteiger partial charge on any atom is -0.436 e. The van der Waals surface area contributed by atoms with E-state index in [1.807, 2.05) is 36.4 Å². The summed E-state index contributed by atoms with van der Waals surface area (Å²) >= 11 is 0. The smallest absolute Gasteiger partial charge is 0.227 e. The van der Waals surface area contributed by atoms with Gasteiger partial charge in [-0.2, -0.15) is 0 Å². The van der Waals surface area contributed by atoms with Gasteiger partial charge >= 0.3 is 0 Å². The van der Waals surface area contributed by atoms with Crippen LogP contribution in [0.25, 0.3) is 44.5 Å². The van der Waals surface area contributed by atoms with Gasteiger partial charge in [-0.15, -0.1) is 0 Å². The predicted molar refractivity (Wildman–Crippen MR) is 107 cm³/mol. The molecule has 0 saturated heterocycles. The van der Waals surface area contributed by atoms with E-state index in [1.165, 1.54) is 21.9 Å². The minimum absolute atomic E-state index is 0.659. The van der Waals surface area contributed by atoms with Crippen LogP contribution in [0.15, 0.2) is 89.3 Å². The van der Waals surface area contributed by atoms with Crippen molar-refractivity contribution >= 4 is 21.9 Å². The number of nitrogens with zero attached hydrogens (tertiary/aromatic N) is 1. The lowest BCUT2D eigenvalue weighted by molar-refractivity contribution is 0.620. The molecule has 5 rings (SSSR count). The Morgan fingerprint density at radius 1 is 0.654 bits per heavy atom. The SMILES string of the molecule is Cc1ccc2cc(-c3ccc4oc(-c5ccccc5)nc4c3)ccc2c1. The molecule has 124 valence electrons. The Morgan fingerprint density at radius 3 is 2.27 bits per heavy atom. The van der Waals surface area contributed by atoms with Crippen molar-refractivity contribution in [2.24, 2.45) is 0 Å². The summed E-state index contributed by atoms with van der Waals surface area (Å²) in [4.78, 5) is 4.68. The zero-order chi connectivity index (χ0) is 17.5. The summed E-state index contributed by atoms with van der Waals surface area (Å²) in [7, 11) is 0. The number of fused-ring (bicyclic) bond motifs is 2. The topological polar surface area (TPSA) is 26.0 Å². The van der Waals surface area contributed by atoms with Crippen molar-refractivity contribution in [1.82, 2.24) is 4.98 Å². The van der Waals surface area contributed by atoms with Crippen molar-refractivity contribution in [3.63, 3.8) is 0 Å². The molecule has 5 aromatic rings. The van der Waals surface area contributed by atoms with Gasteiger partial charge in [-0.05, 0) is 59.2 Å². The van der Waals surface area contributed by atoms with Crippen LogP contribution in [0.3, 0.4) is 0 Å². The predicted octanol–water partition coefficient (Wildman–Crippen LogP) is 6.62. The summed E-state index contributed by atoms with van der Waals surface area (Å²) in [5.41, 5.74) is 6.30. The molecule has 0 amide bonds. The van der Waals surface area contributed by atoms with Gasteiger partial charge in [0.1, 0.15) is 5.52 Å². The first-order valence-electron chi connectivity index (χ1n) is 8.73. The molecule has 0 radical (unpaired) electrons. The largest absolute Gasteiger partial charge is 0.436 e. The van der Waals surface area contributed by atoms with Crippen LogP contribution in [0, 0.1) is 6.92 Å². The fraction of sp³-hybridized carbons (Fsp3) is 0.0417. The monoisotopic (exact) mass is 335 g/mol. The number of aryl methyl sites for hydroxylation is 1. The van der Waals surface area contributed by atoms with Crippen molar-refractivity contribution in [2.45, 2.75) is 6.92 Å². The molecule has 0 fully saturated rings. The van der Waals surface area contributed by atoms with E-state index in [9.17, 15) is 0 Å². The summed E-state index contributed by atoms with van der Waals surface area (Å²) in [6.45, 7) is 2.12. The lowest BCUT2D eigenvalue weighted by Crippen LogP contribution is -1.81. The van der Waals surface area contributed by atoms with Crippen molar-refractivity contribution in [1.29, 1.82) is 0 Å². The second-order valence-corrected chi connectivity index (χ2v) is 6.63. The maximum Gasteiger partial charge on any atom is 0.227 e. The van der Waals surface area contributed by atoms with Gasteiger partial charge in [0.2, 0.25) is 5.89 Å².